The Balaban J connectivity index is 1.18. The van der Waals surface area contributed by atoms with E-state index in [-0.39, 0.29) is 29.2 Å². The van der Waals surface area contributed by atoms with Crippen LogP contribution in [0.2, 0.25) is 0 Å². The summed E-state index contributed by atoms with van der Waals surface area (Å²) in [6.07, 6.45) is 0. The van der Waals surface area contributed by atoms with Gasteiger partial charge in [0.2, 0.25) is 11.8 Å². The standard InChI is InChI=1S/C28H25F2N9O3/c1-17(40)31-19-10-11-23-22(16-19)33-26(42-23)20-8-5-9-21(32-20)27(41)38-14-12-37(13-15-38)24(18-6-3-2-4-7-18)25-34-36-39(35-25)28(29)30/h2-11,16,24,28H,12-15H2,1H3,(H,31,40)/t24-/m1/s1. The Morgan fingerprint density at radius 2 is 1.74 bits per heavy atom. The number of hydrogen-bond acceptors (Lipinski definition) is 9. The predicted molar refractivity (Wildman–Crippen MR) is 146 cm³/mol. The van der Waals surface area contributed by atoms with Crippen LogP contribution in [0, 0.1) is 0 Å². The number of pyridine rings is 1. The lowest BCUT2D eigenvalue weighted by Gasteiger charge is -2.38. The molecule has 2 aromatic carbocycles. The van der Waals surface area contributed by atoms with Crippen LogP contribution in [0.4, 0.5) is 14.5 Å². The molecule has 1 aliphatic heterocycles. The van der Waals surface area contributed by atoms with Crippen molar-refractivity contribution in [3.05, 3.63) is 83.8 Å². The van der Waals surface area contributed by atoms with Crippen LogP contribution in [-0.4, -0.2) is 78.0 Å². The van der Waals surface area contributed by atoms with Gasteiger partial charge in [-0.05, 0) is 41.1 Å². The largest absolute Gasteiger partial charge is 0.435 e. The minimum absolute atomic E-state index is 0.165. The number of nitrogens with one attached hydrogen (secondary N) is 1. The van der Waals surface area contributed by atoms with Gasteiger partial charge in [-0.25, -0.2) is 9.97 Å². The predicted octanol–water partition coefficient (Wildman–Crippen LogP) is 3.78. The molecule has 1 fully saturated rings. The Morgan fingerprint density at radius 3 is 2.45 bits per heavy atom. The fraction of sp³-hybridized carbons (Fsp3) is 0.250. The number of amides is 2. The highest BCUT2D eigenvalue weighted by atomic mass is 19.3. The number of nitrogens with zero attached hydrogens (tertiary/aromatic N) is 8. The third kappa shape index (κ3) is 5.56. The first kappa shape index (κ1) is 27.1. The van der Waals surface area contributed by atoms with E-state index in [9.17, 15) is 18.4 Å². The fourth-order valence-corrected chi connectivity index (χ4v) is 4.92. The highest BCUT2D eigenvalue weighted by Crippen LogP contribution is 2.29. The first-order valence-electron chi connectivity index (χ1n) is 13.2. The molecular formula is C28H25F2N9O3. The SMILES string of the molecule is CC(=O)Nc1ccc2oc(-c3cccc(C(=O)N4CCN([C@H](c5ccccc5)c5nnn(C(F)F)n5)CC4)n3)nc2c1. The average molecular weight is 574 g/mol. The molecule has 12 nitrogen and oxygen atoms in total. The van der Waals surface area contributed by atoms with Crippen molar-refractivity contribution in [2.24, 2.45) is 0 Å². The number of oxazole rings is 1. The summed E-state index contributed by atoms with van der Waals surface area (Å²) in [6, 6.07) is 19.0. The Labute approximate surface area is 238 Å². The number of aromatic nitrogens is 6. The van der Waals surface area contributed by atoms with E-state index in [1.807, 2.05) is 35.2 Å². The van der Waals surface area contributed by atoms with Crippen LogP contribution in [-0.2, 0) is 4.79 Å². The van der Waals surface area contributed by atoms with E-state index in [1.165, 1.54) is 6.92 Å². The molecule has 42 heavy (non-hydrogen) atoms. The normalized spacial score (nSPS) is 14.8. The summed E-state index contributed by atoms with van der Waals surface area (Å²) < 4.78 is 32.1. The summed E-state index contributed by atoms with van der Waals surface area (Å²) in [5, 5.41) is 14.0. The van der Waals surface area contributed by atoms with Crippen molar-refractivity contribution < 1.29 is 22.8 Å². The number of benzene rings is 2. The van der Waals surface area contributed by atoms with Gasteiger partial charge >= 0.3 is 6.55 Å². The smallest absolute Gasteiger partial charge is 0.350 e. The van der Waals surface area contributed by atoms with Crippen molar-refractivity contribution in [3.63, 3.8) is 0 Å². The van der Waals surface area contributed by atoms with Gasteiger partial charge < -0.3 is 14.6 Å². The molecule has 0 unspecified atom stereocenters. The summed E-state index contributed by atoms with van der Waals surface area (Å²) in [4.78, 5) is 37.8. The van der Waals surface area contributed by atoms with E-state index in [0.29, 0.717) is 53.5 Å². The van der Waals surface area contributed by atoms with Crippen molar-refractivity contribution in [1.29, 1.82) is 0 Å². The molecule has 0 saturated carbocycles. The van der Waals surface area contributed by atoms with Gasteiger partial charge in [-0.3, -0.25) is 14.5 Å². The van der Waals surface area contributed by atoms with Crippen LogP contribution in [0.15, 0.2) is 71.1 Å². The van der Waals surface area contributed by atoms with Gasteiger partial charge in [0.25, 0.3) is 5.91 Å². The zero-order valence-electron chi connectivity index (χ0n) is 22.4. The lowest BCUT2D eigenvalue weighted by Crippen LogP contribution is -2.50. The number of alkyl halides is 2. The quantitative estimate of drug-likeness (QED) is 0.309. The van der Waals surface area contributed by atoms with Crippen molar-refractivity contribution in [1.82, 2.24) is 40.0 Å². The van der Waals surface area contributed by atoms with Crippen molar-refractivity contribution in [2.45, 2.75) is 19.5 Å². The maximum atomic E-state index is 13.4. The zero-order valence-corrected chi connectivity index (χ0v) is 22.4. The van der Waals surface area contributed by atoms with Gasteiger partial charge in [0.15, 0.2) is 11.4 Å². The van der Waals surface area contributed by atoms with Gasteiger partial charge in [0, 0.05) is 38.8 Å². The molecule has 0 aliphatic carbocycles. The molecule has 1 saturated heterocycles. The Kier molecular flexibility index (Phi) is 7.35. The Morgan fingerprint density at radius 1 is 0.952 bits per heavy atom. The van der Waals surface area contributed by atoms with Crippen molar-refractivity contribution in [2.75, 3.05) is 31.5 Å². The van der Waals surface area contributed by atoms with Crippen LogP contribution in [0.1, 0.15) is 41.4 Å². The first-order chi connectivity index (χ1) is 20.4. The van der Waals surface area contributed by atoms with E-state index in [0.717, 1.165) is 5.56 Å². The van der Waals surface area contributed by atoms with Crippen LogP contribution >= 0.6 is 0 Å². The number of anilines is 1. The molecule has 0 spiro atoms. The number of carbonyl (C=O) groups excluding carboxylic acids is 2. The summed E-state index contributed by atoms with van der Waals surface area (Å²) in [5.74, 6) is -0.0326. The van der Waals surface area contributed by atoms with E-state index in [1.54, 1.807) is 41.3 Å². The molecule has 0 radical (unpaired) electrons. The summed E-state index contributed by atoms with van der Waals surface area (Å²) >= 11 is 0. The third-order valence-electron chi connectivity index (χ3n) is 6.84. The number of fused-ring (bicyclic) bond motifs is 1. The molecule has 4 heterocycles. The molecule has 2 amide bonds. The first-order valence-corrected chi connectivity index (χ1v) is 13.2. The Bertz CT molecular complexity index is 1730. The second-order valence-electron chi connectivity index (χ2n) is 9.68. The van der Waals surface area contributed by atoms with Crippen LogP contribution in [0.5, 0.6) is 0 Å². The van der Waals surface area contributed by atoms with Crippen LogP contribution in [0.25, 0.3) is 22.7 Å². The number of tetrazole rings is 1. The summed E-state index contributed by atoms with van der Waals surface area (Å²) in [5.41, 5.74) is 3.13. The summed E-state index contributed by atoms with van der Waals surface area (Å²) in [6.45, 7) is 0.201. The molecular weight excluding hydrogens is 548 g/mol. The van der Waals surface area contributed by atoms with Crippen LogP contribution in [0.3, 0.4) is 0 Å². The van der Waals surface area contributed by atoms with Crippen LogP contribution < -0.4 is 5.32 Å². The molecule has 214 valence electrons. The fourth-order valence-electron chi connectivity index (χ4n) is 4.92. The van der Waals surface area contributed by atoms with E-state index in [2.05, 4.69) is 30.7 Å². The second-order valence-corrected chi connectivity index (χ2v) is 9.68. The number of hydrogen-bond donors (Lipinski definition) is 1. The number of rotatable bonds is 7. The molecule has 1 atom stereocenters. The second kappa shape index (κ2) is 11.4. The molecule has 1 N–H and O–H groups in total. The molecule has 5 aromatic rings. The van der Waals surface area contributed by atoms with E-state index < -0.39 is 12.6 Å². The van der Waals surface area contributed by atoms with Gasteiger partial charge in [-0.2, -0.15) is 8.78 Å². The lowest BCUT2D eigenvalue weighted by atomic mass is 10.0. The molecule has 6 rings (SSSR count). The van der Waals surface area contributed by atoms with Gasteiger partial charge in [0.05, 0.1) is 6.04 Å². The highest BCUT2D eigenvalue weighted by molar-refractivity contribution is 5.93. The number of halogens is 2. The highest BCUT2D eigenvalue weighted by Gasteiger charge is 2.32. The van der Waals surface area contributed by atoms with Gasteiger partial charge in [-0.1, -0.05) is 41.2 Å². The van der Waals surface area contributed by atoms with Crippen molar-refractivity contribution >= 4 is 28.6 Å². The number of piperazine rings is 1. The maximum absolute atomic E-state index is 13.4. The molecule has 1 aliphatic rings. The third-order valence-corrected chi connectivity index (χ3v) is 6.84. The summed E-state index contributed by atoms with van der Waals surface area (Å²) in [7, 11) is 0. The minimum atomic E-state index is -2.89. The lowest BCUT2D eigenvalue weighted by molar-refractivity contribution is -0.114. The van der Waals surface area contributed by atoms with Gasteiger partial charge in [-0.15, -0.1) is 10.2 Å². The Hall–Kier alpha value is -5.11. The molecule has 3 aromatic heterocycles. The minimum Gasteiger partial charge on any atom is -0.435 e. The van der Waals surface area contributed by atoms with E-state index in [4.69, 9.17) is 4.42 Å². The van der Waals surface area contributed by atoms with Gasteiger partial charge in [0.1, 0.15) is 16.9 Å². The van der Waals surface area contributed by atoms with Crippen molar-refractivity contribution in [3.8, 4) is 11.6 Å². The number of carbonyl (C=O) groups is 2. The topological polar surface area (TPSA) is 135 Å². The monoisotopic (exact) mass is 573 g/mol. The molecule has 0 bridgehead atoms. The zero-order chi connectivity index (χ0) is 29.2. The average Bonchev–Trinajstić information content (AvgIpc) is 3.66. The van der Waals surface area contributed by atoms with E-state index >= 15 is 0 Å². The molecule has 14 heteroatoms. The maximum Gasteiger partial charge on any atom is 0.350 e.